The van der Waals surface area contributed by atoms with Crippen LogP contribution in [0.25, 0.3) is 0 Å². The third-order valence-electron chi connectivity index (χ3n) is 2.98. The highest BCUT2D eigenvalue weighted by molar-refractivity contribution is 4.91. The Kier molecular flexibility index (Phi) is 2.56. The molecule has 2 atom stereocenters. The third kappa shape index (κ3) is 1.80. The van der Waals surface area contributed by atoms with E-state index < -0.39 is 0 Å². The lowest BCUT2D eigenvalue weighted by molar-refractivity contribution is -0.0389. The van der Waals surface area contributed by atoms with Gasteiger partial charge in [0.15, 0.2) is 0 Å². The summed E-state index contributed by atoms with van der Waals surface area (Å²) in [6.07, 6.45) is 9.35. The van der Waals surface area contributed by atoms with E-state index >= 15 is 0 Å². The van der Waals surface area contributed by atoms with E-state index in [0.717, 1.165) is 19.4 Å². The summed E-state index contributed by atoms with van der Waals surface area (Å²) < 4.78 is 0. The molecule has 0 aromatic heterocycles. The first-order valence-electron chi connectivity index (χ1n) is 5.39. The van der Waals surface area contributed by atoms with Crippen LogP contribution in [0.1, 0.15) is 12.8 Å². The van der Waals surface area contributed by atoms with Crippen LogP contribution < -0.4 is 16.5 Å². The van der Waals surface area contributed by atoms with Gasteiger partial charge in [-0.05, 0) is 13.0 Å². The van der Waals surface area contributed by atoms with E-state index in [0.29, 0.717) is 6.04 Å². The van der Waals surface area contributed by atoms with Gasteiger partial charge in [-0.25, -0.2) is 0 Å². The molecule has 7 heteroatoms. The van der Waals surface area contributed by atoms with Gasteiger partial charge in [0, 0.05) is 6.42 Å². The summed E-state index contributed by atoms with van der Waals surface area (Å²) in [6.45, 7) is 0.966. The average molecular weight is 225 g/mol. The van der Waals surface area contributed by atoms with Gasteiger partial charge in [0.05, 0.1) is 24.6 Å². The highest BCUT2D eigenvalue weighted by atomic mass is 16.7. The zero-order chi connectivity index (χ0) is 10.8. The Labute approximate surface area is 93.5 Å². The molecule has 0 amide bonds. The molecule has 16 heavy (non-hydrogen) atoms. The van der Waals surface area contributed by atoms with Crippen LogP contribution in [-0.4, -0.2) is 28.8 Å². The van der Waals surface area contributed by atoms with Crippen molar-refractivity contribution in [2.75, 3.05) is 6.54 Å². The van der Waals surface area contributed by atoms with Crippen molar-refractivity contribution in [1.29, 1.82) is 0 Å². The van der Waals surface area contributed by atoms with Crippen LogP contribution in [0.3, 0.4) is 0 Å². The molecular formula is C9H15N5O2. The van der Waals surface area contributed by atoms with Gasteiger partial charge < -0.3 is 9.68 Å². The van der Waals surface area contributed by atoms with Crippen molar-refractivity contribution in [1.82, 2.24) is 26.5 Å². The zero-order valence-electron chi connectivity index (χ0n) is 8.80. The van der Waals surface area contributed by atoms with Gasteiger partial charge in [-0.15, -0.1) is 0 Å². The minimum absolute atomic E-state index is 0.230. The van der Waals surface area contributed by atoms with E-state index in [1.54, 1.807) is 12.5 Å². The maximum absolute atomic E-state index is 4.98. The van der Waals surface area contributed by atoms with Crippen LogP contribution in [0.4, 0.5) is 0 Å². The minimum atomic E-state index is 0.230. The van der Waals surface area contributed by atoms with Crippen LogP contribution >= 0.6 is 0 Å². The number of hydrazine groups is 2. The Bertz CT molecular complexity index is 280. The molecule has 88 valence electrons. The predicted molar refractivity (Wildman–Crippen MR) is 55.2 cm³/mol. The van der Waals surface area contributed by atoms with Crippen LogP contribution in [0, 0.1) is 0 Å². The Balaban J connectivity index is 1.60. The molecule has 1 fully saturated rings. The van der Waals surface area contributed by atoms with Crippen molar-refractivity contribution in [3.63, 3.8) is 0 Å². The van der Waals surface area contributed by atoms with Crippen molar-refractivity contribution >= 4 is 0 Å². The lowest BCUT2D eigenvalue weighted by Gasteiger charge is -2.37. The van der Waals surface area contributed by atoms with Crippen LogP contribution in [-0.2, 0) is 9.68 Å². The van der Waals surface area contributed by atoms with Gasteiger partial charge in [0.25, 0.3) is 0 Å². The first kappa shape index (κ1) is 9.76. The molecule has 0 bridgehead atoms. The largest absolute Gasteiger partial charge is 0.395 e. The molecule has 0 aromatic rings. The monoisotopic (exact) mass is 225 g/mol. The van der Waals surface area contributed by atoms with Crippen molar-refractivity contribution in [3.8, 4) is 0 Å². The summed E-state index contributed by atoms with van der Waals surface area (Å²) in [5, 5.41) is 7.35. The fourth-order valence-corrected chi connectivity index (χ4v) is 2.14. The molecule has 0 saturated carbocycles. The topological polar surface area (TPSA) is 61.0 Å². The lowest BCUT2D eigenvalue weighted by atomic mass is 10.0. The predicted octanol–water partition coefficient (Wildman–Crippen LogP) is -0.489. The van der Waals surface area contributed by atoms with Crippen molar-refractivity contribution in [3.05, 3.63) is 24.9 Å². The maximum Gasteiger partial charge on any atom is 0.131 e. The first-order valence-corrected chi connectivity index (χ1v) is 5.39. The molecule has 3 rings (SSSR count). The minimum Gasteiger partial charge on any atom is -0.395 e. The number of hydrogen-bond donors (Lipinski definition) is 3. The average Bonchev–Trinajstić information content (AvgIpc) is 3.03. The SMILES string of the molecule is C1=CN(C2CCNC(N3C=CON3)C2)NO1. The smallest absolute Gasteiger partial charge is 0.131 e. The van der Waals surface area contributed by atoms with E-state index in [1.165, 1.54) is 0 Å². The second kappa shape index (κ2) is 4.20. The van der Waals surface area contributed by atoms with Crippen molar-refractivity contribution < 1.29 is 9.68 Å². The van der Waals surface area contributed by atoms with Crippen molar-refractivity contribution in [2.45, 2.75) is 25.0 Å². The summed E-state index contributed by atoms with van der Waals surface area (Å²) in [5.74, 6) is 0. The number of nitrogens with zero attached hydrogens (tertiary/aromatic N) is 2. The van der Waals surface area contributed by atoms with Gasteiger partial charge in [0.2, 0.25) is 0 Å². The van der Waals surface area contributed by atoms with Crippen LogP contribution in [0.2, 0.25) is 0 Å². The van der Waals surface area contributed by atoms with E-state index in [9.17, 15) is 0 Å². The molecule has 3 aliphatic rings. The summed E-state index contributed by atoms with van der Waals surface area (Å²) in [7, 11) is 0. The van der Waals surface area contributed by atoms with E-state index in [-0.39, 0.29) is 6.17 Å². The van der Waals surface area contributed by atoms with Gasteiger partial charge in [0.1, 0.15) is 12.5 Å². The van der Waals surface area contributed by atoms with Gasteiger partial charge in [-0.3, -0.25) is 15.3 Å². The Morgan fingerprint density at radius 2 is 1.81 bits per heavy atom. The molecule has 1 saturated heterocycles. The second-order valence-corrected chi connectivity index (χ2v) is 3.95. The summed E-state index contributed by atoms with van der Waals surface area (Å²) >= 11 is 0. The Hall–Kier alpha value is -1.44. The fraction of sp³-hybridized carbons (Fsp3) is 0.556. The van der Waals surface area contributed by atoms with E-state index in [2.05, 4.69) is 16.5 Å². The molecule has 2 unspecified atom stereocenters. The normalized spacial score (nSPS) is 33.0. The molecule has 3 heterocycles. The molecular weight excluding hydrogens is 210 g/mol. The number of hydrogen-bond acceptors (Lipinski definition) is 7. The quantitative estimate of drug-likeness (QED) is 0.586. The van der Waals surface area contributed by atoms with Gasteiger partial charge in [-0.1, -0.05) is 11.2 Å². The summed E-state index contributed by atoms with van der Waals surface area (Å²) in [6, 6.07) is 0.417. The van der Waals surface area contributed by atoms with Gasteiger partial charge in [-0.2, -0.15) is 0 Å². The summed E-state index contributed by atoms with van der Waals surface area (Å²) in [5.41, 5.74) is 5.65. The fourth-order valence-electron chi connectivity index (χ4n) is 2.14. The maximum atomic E-state index is 4.98. The second-order valence-electron chi connectivity index (χ2n) is 3.95. The third-order valence-corrected chi connectivity index (χ3v) is 2.98. The molecule has 3 aliphatic heterocycles. The highest BCUT2D eigenvalue weighted by Crippen LogP contribution is 2.18. The zero-order valence-corrected chi connectivity index (χ0v) is 8.80. The van der Waals surface area contributed by atoms with Crippen molar-refractivity contribution in [2.24, 2.45) is 0 Å². The van der Waals surface area contributed by atoms with E-state index in [4.69, 9.17) is 9.68 Å². The highest BCUT2D eigenvalue weighted by Gasteiger charge is 2.30. The molecule has 0 radical (unpaired) electrons. The number of piperidine rings is 1. The first-order chi connectivity index (χ1) is 7.93. The molecule has 0 aromatic carbocycles. The van der Waals surface area contributed by atoms with E-state index in [1.807, 2.05) is 22.4 Å². The summed E-state index contributed by atoms with van der Waals surface area (Å²) in [4.78, 5) is 9.94. The Morgan fingerprint density at radius 1 is 1.06 bits per heavy atom. The molecule has 3 N–H and O–H groups in total. The molecule has 0 aliphatic carbocycles. The van der Waals surface area contributed by atoms with Gasteiger partial charge >= 0.3 is 0 Å². The lowest BCUT2D eigenvalue weighted by Crippen LogP contribution is -2.56. The van der Waals surface area contributed by atoms with Crippen LogP contribution in [0.15, 0.2) is 24.9 Å². The molecule has 0 spiro atoms. The number of nitrogens with one attached hydrogen (secondary N) is 3. The Morgan fingerprint density at radius 3 is 2.50 bits per heavy atom. The standard InChI is InChI=1S/C9H15N5O2/c1-2-10-9(14-4-6-16-12-14)7-8(1)13-3-5-15-11-13/h3-6,8-12H,1-2,7H2. The number of rotatable bonds is 2. The van der Waals surface area contributed by atoms with Crippen LogP contribution in [0.5, 0.6) is 0 Å². The molecule has 7 nitrogen and oxygen atoms in total.